The molecular formula is C19H22F2N2O3. The lowest BCUT2D eigenvalue weighted by molar-refractivity contribution is -0.124. The number of halogens is 2. The first-order chi connectivity index (χ1) is 12.2. The molecule has 1 aromatic rings. The summed E-state index contributed by atoms with van der Waals surface area (Å²) in [6, 6.07) is 3.04. The van der Waals surface area contributed by atoms with Gasteiger partial charge in [-0.25, -0.2) is 19.0 Å². The zero-order valence-corrected chi connectivity index (χ0v) is 15.1. The molecule has 0 spiro atoms. The van der Waals surface area contributed by atoms with Gasteiger partial charge in [0.05, 0.1) is 0 Å². The summed E-state index contributed by atoms with van der Waals surface area (Å²) in [5, 5.41) is 4.24. The largest absolute Gasteiger partial charge is 0.452 e. The van der Waals surface area contributed by atoms with Crippen LogP contribution in [0.2, 0.25) is 0 Å². The second-order valence-electron chi connectivity index (χ2n) is 7.76. The molecule has 7 heteroatoms. The fourth-order valence-electron chi connectivity index (χ4n) is 4.16. The molecule has 26 heavy (non-hydrogen) atoms. The van der Waals surface area contributed by atoms with Gasteiger partial charge in [0.2, 0.25) is 0 Å². The number of ether oxygens (including phenoxy) is 1. The van der Waals surface area contributed by atoms with Gasteiger partial charge in [-0.2, -0.15) is 5.10 Å². The first kappa shape index (κ1) is 18.5. The summed E-state index contributed by atoms with van der Waals surface area (Å²) in [4.78, 5) is 23.7. The smallest absolute Gasteiger partial charge is 0.344 e. The predicted molar refractivity (Wildman–Crippen MR) is 91.4 cm³/mol. The Morgan fingerprint density at radius 1 is 1.27 bits per heavy atom. The average Bonchev–Trinajstić information content (AvgIpc) is 2.91. The van der Waals surface area contributed by atoms with Crippen LogP contribution in [0.5, 0.6) is 0 Å². The van der Waals surface area contributed by atoms with Crippen LogP contribution in [-0.4, -0.2) is 24.2 Å². The van der Waals surface area contributed by atoms with Crippen LogP contribution in [0.3, 0.4) is 0 Å². The summed E-state index contributed by atoms with van der Waals surface area (Å²) < 4.78 is 31.7. The number of hydrogen-bond acceptors (Lipinski definition) is 4. The van der Waals surface area contributed by atoms with Gasteiger partial charge in [-0.15, -0.1) is 0 Å². The van der Waals surface area contributed by atoms with Crippen LogP contribution >= 0.6 is 0 Å². The maximum Gasteiger partial charge on any atom is 0.344 e. The molecule has 0 aromatic heterocycles. The van der Waals surface area contributed by atoms with E-state index in [1.165, 1.54) is 0 Å². The number of benzene rings is 1. The van der Waals surface area contributed by atoms with Gasteiger partial charge in [0.1, 0.15) is 17.2 Å². The number of nitrogens with zero attached hydrogens (tertiary/aromatic N) is 1. The third kappa shape index (κ3) is 2.89. The second-order valence-corrected chi connectivity index (χ2v) is 7.76. The Bertz CT molecular complexity index is 771. The van der Waals surface area contributed by atoms with Crippen LogP contribution in [0.4, 0.5) is 8.78 Å². The summed E-state index contributed by atoms with van der Waals surface area (Å²) in [5.74, 6) is -3.39. The van der Waals surface area contributed by atoms with Crippen molar-refractivity contribution in [1.82, 2.24) is 5.43 Å². The maximum atomic E-state index is 13.5. The normalized spacial score (nSPS) is 27.6. The van der Waals surface area contributed by atoms with Crippen molar-refractivity contribution in [3.8, 4) is 0 Å². The number of amides is 1. The van der Waals surface area contributed by atoms with Crippen molar-refractivity contribution < 1.29 is 23.1 Å². The van der Waals surface area contributed by atoms with E-state index in [0.717, 1.165) is 43.2 Å². The molecular weight excluding hydrogens is 342 g/mol. The molecule has 0 saturated heterocycles. The molecule has 0 radical (unpaired) electrons. The average molecular weight is 364 g/mol. The molecule has 1 amide bonds. The Hall–Kier alpha value is -2.31. The molecule has 2 saturated carbocycles. The van der Waals surface area contributed by atoms with E-state index in [-0.39, 0.29) is 10.8 Å². The number of nitrogens with one attached hydrogen (secondary N) is 1. The summed E-state index contributed by atoms with van der Waals surface area (Å²) in [7, 11) is 0. The van der Waals surface area contributed by atoms with Gasteiger partial charge in [0.25, 0.3) is 5.91 Å². The van der Waals surface area contributed by atoms with Gasteiger partial charge < -0.3 is 4.74 Å². The van der Waals surface area contributed by atoms with Crippen molar-refractivity contribution >= 4 is 17.6 Å². The summed E-state index contributed by atoms with van der Waals surface area (Å²) >= 11 is 0. The van der Waals surface area contributed by atoms with E-state index in [1.807, 2.05) is 0 Å². The molecule has 140 valence electrons. The van der Waals surface area contributed by atoms with Crippen LogP contribution in [0.1, 0.15) is 50.4 Å². The fourth-order valence-corrected chi connectivity index (χ4v) is 4.16. The summed E-state index contributed by atoms with van der Waals surface area (Å²) in [6.07, 6.45) is 3.02. The third-order valence-electron chi connectivity index (χ3n) is 6.33. The Balaban J connectivity index is 1.58. The van der Waals surface area contributed by atoms with Crippen molar-refractivity contribution in [2.24, 2.45) is 21.8 Å². The molecule has 2 aliphatic rings. The van der Waals surface area contributed by atoms with Crippen molar-refractivity contribution in [1.29, 1.82) is 0 Å². The quantitative estimate of drug-likeness (QED) is 0.657. The highest BCUT2D eigenvalue weighted by Crippen LogP contribution is 2.63. The van der Waals surface area contributed by atoms with E-state index in [0.29, 0.717) is 5.92 Å². The van der Waals surface area contributed by atoms with Gasteiger partial charge >= 0.3 is 5.97 Å². The first-order valence-electron chi connectivity index (χ1n) is 8.64. The van der Waals surface area contributed by atoms with Gasteiger partial charge in [-0.1, -0.05) is 26.8 Å². The number of esters is 1. The lowest BCUT2D eigenvalue weighted by Gasteiger charge is -2.34. The van der Waals surface area contributed by atoms with Gasteiger partial charge in [-0.3, -0.25) is 4.79 Å². The zero-order valence-electron chi connectivity index (χ0n) is 15.1. The monoisotopic (exact) mass is 364 g/mol. The Labute approximate surface area is 150 Å². The summed E-state index contributed by atoms with van der Waals surface area (Å²) in [5.41, 5.74) is 2.60. The minimum Gasteiger partial charge on any atom is -0.452 e. The van der Waals surface area contributed by atoms with Crippen LogP contribution in [-0.2, 0) is 9.53 Å². The van der Waals surface area contributed by atoms with E-state index in [9.17, 15) is 18.4 Å². The zero-order chi connectivity index (χ0) is 19.1. The molecule has 2 aliphatic carbocycles. The Morgan fingerprint density at radius 2 is 1.92 bits per heavy atom. The molecule has 2 bridgehead atoms. The minimum absolute atomic E-state index is 0.0576. The van der Waals surface area contributed by atoms with Crippen LogP contribution in [0.15, 0.2) is 23.3 Å². The predicted octanol–water partition coefficient (Wildman–Crippen LogP) is 3.44. The topological polar surface area (TPSA) is 67.8 Å². The molecule has 1 aromatic carbocycles. The lowest BCUT2D eigenvalue weighted by Crippen LogP contribution is -2.35. The molecule has 0 heterocycles. The van der Waals surface area contributed by atoms with Crippen LogP contribution < -0.4 is 5.43 Å². The number of carbonyl (C=O) groups is 2. The van der Waals surface area contributed by atoms with Gasteiger partial charge in [0, 0.05) is 11.1 Å². The van der Waals surface area contributed by atoms with Crippen molar-refractivity contribution in [3.63, 3.8) is 0 Å². The number of hydrazone groups is 1. The summed E-state index contributed by atoms with van der Waals surface area (Å²) in [6.45, 7) is 5.94. The third-order valence-corrected chi connectivity index (χ3v) is 6.33. The van der Waals surface area contributed by atoms with Crippen LogP contribution in [0, 0.1) is 28.4 Å². The highest BCUT2D eigenvalue weighted by atomic mass is 19.1. The van der Waals surface area contributed by atoms with E-state index in [4.69, 9.17) is 4.74 Å². The van der Waals surface area contributed by atoms with Crippen molar-refractivity contribution in [2.75, 3.05) is 6.61 Å². The van der Waals surface area contributed by atoms with Gasteiger partial charge in [0.15, 0.2) is 6.61 Å². The van der Waals surface area contributed by atoms with Crippen LogP contribution in [0.25, 0.3) is 0 Å². The maximum absolute atomic E-state index is 13.5. The van der Waals surface area contributed by atoms with E-state index >= 15 is 0 Å². The Kier molecular flexibility index (Phi) is 4.58. The standard InChI is InChI=1S/C19H22F2N2O3/c1-18(2)11-7-8-19(18,3)14(9-11)22-23-15(24)10-26-17(25)16-12(20)5-4-6-13(16)21/h4-6,11H,7-10H2,1-3H3,(H,23,24). The van der Waals surface area contributed by atoms with Gasteiger partial charge in [-0.05, 0) is 42.7 Å². The number of fused-ring (bicyclic) bond motifs is 2. The highest BCUT2D eigenvalue weighted by Gasteiger charge is 2.60. The van der Waals surface area contributed by atoms with Crippen molar-refractivity contribution in [2.45, 2.75) is 40.0 Å². The molecule has 0 aliphatic heterocycles. The fraction of sp³-hybridized carbons (Fsp3) is 0.526. The molecule has 1 N–H and O–H groups in total. The number of rotatable bonds is 4. The first-order valence-corrected chi connectivity index (χ1v) is 8.64. The van der Waals surface area contributed by atoms with Crippen molar-refractivity contribution in [3.05, 3.63) is 35.4 Å². The van der Waals surface area contributed by atoms with E-state index < -0.39 is 35.7 Å². The second kappa shape index (κ2) is 6.45. The number of hydrogen-bond donors (Lipinski definition) is 1. The SMILES string of the molecule is CC12CCC(CC1=NNC(=O)COC(=O)c1c(F)cccc1F)C2(C)C. The molecule has 5 nitrogen and oxygen atoms in total. The highest BCUT2D eigenvalue weighted by molar-refractivity contribution is 5.95. The lowest BCUT2D eigenvalue weighted by atomic mass is 9.70. The molecule has 3 rings (SSSR count). The minimum atomic E-state index is -1.23. The Morgan fingerprint density at radius 3 is 2.46 bits per heavy atom. The molecule has 2 fully saturated rings. The molecule has 2 unspecified atom stereocenters. The number of carbonyl (C=O) groups excluding carboxylic acids is 2. The van der Waals surface area contributed by atoms with E-state index in [2.05, 4.69) is 31.3 Å². The van der Waals surface area contributed by atoms with E-state index in [1.54, 1.807) is 0 Å². The molecule has 2 atom stereocenters.